The molecule has 8 rings (SSSR count). The van der Waals surface area contributed by atoms with Gasteiger partial charge in [-0.1, -0.05) is 66.7 Å². The maximum Gasteiger partial charge on any atom is 0.239 e. The minimum Gasteiger partial charge on any atom is -0.299 e. The molecule has 3 aliphatic carbocycles. The zero-order valence-electron chi connectivity index (χ0n) is 20.6. The molecule has 2 amide bonds. The summed E-state index contributed by atoms with van der Waals surface area (Å²) in [5, 5.41) is 8.50. The van der Waals surface area contributed by atoms with Gasteiger partial charge in [0, 0.05) is 5.92 Å². The number of Topliss-reactive ketones (excluding diaryl/α,β-unsaturated/α-hetero) is 1. The summed E-state index contributed by atoms with van der Waals surface area (Å²) in [6.07, 6.45) is 0. The van der Waals surface area contributed by atoms with Crippen molar-refractivity contribution in [3.63, 3.8) is 0 Å². The van der Waals surface area contributed by atoms with Gasteiger partial charge < -0.3 is 0 Å². The molecule has 1 aliphatic heterocycles. The minimum atomic E-state index is -1.20. The van der Waals surface area contributed by atoms with Gasteiger partial charge in [-0.05, 0) is 65.6 Å². The number of benzene rings is 4. The topological polar surface area (TPSA) is 79.2 Å². The number of hydrogen-bond acceptors (Lipinski definition) is 5. The highest BCUT2D eigenvalue weighted by Gasteiger charge is 2.69. The Morgan fingerprint density at radius 1 is 0.684 bits per heavy atom. The number of imide groups is 1. The third-order valence-corrected chi connectivity index (χ3v) is 8.32. The molecular formula is C32H23N3O3. The van der Waals surface area contributed by atoms with Crippen LogP contribution in [0.2, 0.25) is 0 Å². The Morgan fingerprint density at radius 3 is 1.79 bits per heavy atom. The van der Waals surface area contributed by atoms with E-state index < -0.39 is 17.3 Å². The lowest BCUT2D eigenvalue weighted by atomic mass is 9.46. The van der Waals surface area contributed by atoms with Crippen molar-refractivity contribution in [1.29, 1.82) is 0 Å². The number of anilines is 1. The first-order valence-corrected chi connectivity index (χ1v) is 12.7. The Labute approximate surface area is 219 Å². The van der Waals surface area contributed by atoms with Crippen LogP contribution in [0.4, 0.5) is 17.1 Å². The second-order valence-corrected chi connectivity index (χ2v) is 10.1. The van der Waals surface area contributed by atoms with Crippen molar-refractivity contribution >= 4 is 34.7 Å². The summed E-state index contributed by atoms with van der Waals surface area (Å²) in [6, 6.07) is 31.9. The van der Waals surface area contributed by atoms with Gasteiger partial charge in [-0.2, -0.15) is 10.2 Å². The van der Waals surface area contributed by atoms with Crippen LogP contribution in [0.3, 0.4) is 0 Å². The molecule has 0 saturated carbocycles. The Hall–Kier alpha value is -4.71. The fourth-order valence-electron chi connectivity index (χ4n) is 6.90. The van der Waals surface area contributed by atoms with Gasteiger partial charge in [0.1, 0.15) is 5.78 Å². The van der Waals surface area contributed by atoms with E-state index in [1.807, 2.05) is 78.9 Å². The lowest BCUT2D eigenvalue weighted by molar-refractivity contribution is -0.132. The van der Waals surface area contributed by atoms with Crippen LogP contribution in [0.5, 0.6) is 0 Å². The number of carbonyl (C=O) groups is 3. The number of rotatable bonds is 4. The molecule has 6 heteroatoms. The van der Waals surface area contributed by atoms with E-state index in [2.05, 4.69) is 10.2 Å². The number of hydrogen-bond donors (Lipinski definition) is 0. The van der Waals surface area contributed by atoms with Crippen molar-refractivity contribution in [1.82, 2.24) is 0 Å². The van der Waals surface area contributed by atoms with Crippen LogP contribution >= 0.6 is 0 Å². The van der Waals surface area contributed by atoms with Crippen molar-refractivity contribution in [3.8, 4) is 0 Å². The largest absolute Gasteiger partial charge is 0.299 e. The SMILES string of the molecule is CC(=O)C12c3ccccc3C(c3ccccc31)[C@H]1C(=O)N(c3ccc(N=Nc4ccccc4)cc3)C(=O)[C@H]12. The highest BCUT2D eigenvalue weighted by molar-refractivity contribution is 6.25. The zero-order chi connectivity index (χ0) is 26.0. The van der Waals surface area contributed by atoms with Crippen LogP contribution in [-0.2, 0) is 19.8 Å². The van der Waals surface area contributed by atoms with Gasteiger partial charge in [-0.25, -0.2) is 4.90 Å². The molecule has 2 bridgehead atoms. The average Bonchev–Trinajstić information content (AvgIpc) is 3.23. The van der Waals surface area contributed by atoms with Crippen LogP contribution in [-0.4, -0.2) is 17.6 Å². The summed E-state index contributed by atoms with van der Waals surface area (Å²) in [6.45, 7) is 1.54. The predicted octanol–water partition coefficient (Wildman–Crippen LogP) is 6.24. The first kappa shape index (κ1) is 22.5. The summed E-state index contributed by atoms with van der Waals surface area (Å²) in [4.78, 5) is 43.2. The molecule has 1 fully saturated rings. The predicted molar refractivity (Wildman–Crippen MR) is 143 cm³/mol. The Kier molecular flexibility index (Phi) is 4.82. The number of nitrogens with zero attached hydrogens (tertiary/aromatic N) is 3. The smallest absolute Gasteiger partial charge is 0.239 e. The maximum absolute atomic E-state index is 14.2. The van der Waals surface area contributed by atoms with Gasteiger partial charge in [-0.15, -0.1) is 0 Å². The number of amides is 2. The van der Waals surface area contributed by atoms with E-state index in [-0.39, 0.29) is 23.5 Å². The quantitative estimate of drug-likeness (QED) is 0.247. The monoisotopic (exact) mass is 497 g/mol. The van der Waals surface area contributed by atoms with Crippen LogP contribution in [0, 0.1) is 11.8 Å². The highest BCUT2D eigenvalue weighted by atomic mass is 16.2. The Balaban J connectivity index is 1.33. The van der Waals surface area contributed by atoms with Crippen LogP contribution < -0.4 is 4.90 Å². The molecule has 4 aromatic rings. The number of azo groups is 1. The van der Waals surface area contributed by atoms with E-state index in [0.29, 0.717) is 11.4 Å². The third-order valence-electron chi connectivity index (χ3n) is 8.32. The molecule has 4 aliphatic rings. The summed E-state index contributed by atoms with van der Waals surface area (Å²) < 4.78 is 0. The zero-order valence-corrected chi connectivity index (χ0v) is 20.6. The molecule has 184 valence electrons. The summed E-state index contributed by atoms with van der Waals surface area (Å²) in [5.41, 5.74) is 4.22. The molecule has 1 saturated heterocycles. The molecule has 38 heavy (non-hydrogen) atoms. The molecule has 6 nitrogen and oxygen atoms in total. The second kappa shape index (κ2) is 8.15. The first-order chi connectivity index (χ1) is 18.5. The number of ketones is 1. The van der Waals surface area contributed by atoms with E-state index in [9.17, 15) is 14.4 Å². The normalized spacial score (nSPS) is 24.9. The van der Waals surface area contributed by atoms with Gasteiger partial charge in [-0.3, -0.25) is 14.4 Å². The summed E-state index contributed by atoms with van der Waals surface area (Å²) in [7, 11) is 0. The molecular weight excluding hydrogens is 474 g/mol. The van der Waals surface area contributed by atoms with Gasteiger partial charge in [0.25, 0.3) is 0 Å². The van der Waals surface area contributed by atoms with Crippen LogP contribution in [0.1, 0.15) is 35.1 Å². The molecule has 0 N–H and O–H groups in total. The van der Waals surface area contributed by atoms with E-state index in [4.69, 9.17) is 0 Å². The molecule has 0 spiro atoms. The van der Waals surface area contributed by atoms with Gasteiger partial charge in [0.15, 0.2) is 0 Å². The van der Waals surface area contributed by atoms with Crippen LogP contribution in [0.15, 0.2) is 113 Å². The van der Waals surface area contributed by atoms with Crippen molar-refractivity contribution < 1.29 is 14.4 Å². The first-order valence-electron chi connectivity index (χ1n) is 12.7. The molecule has 0 radical (unpaired) electrons. The lowest BCUT2D eigenvalue weighted by Crippen LogP contribution is -2.57. The minimum absolute atomic E-state index is 0.120. The Morgan fingerprint density at radius 2 is 1.21 bits per heavy atom. The second-order valence-electron chi connectivity index (χ2n) is 10.1. The number of carbonyl (C=O) groups excluding carboxylic acids is 3. The standard InChI is InChI=1S/C32H23N3O3/c1-19(36)32-25-13-7-5-11-23(25)27(24-12-6-8-14-26(24)32)28-29(32)31(38)35(30(28)37)22-17-15-21(16-18-22)34-33-20-9-3-2-4-10-20/h2-18,27-29H,1H3/t27?,28-,29+,32?/m1/s1. The van der Waals surface area contributed by atoms with E-state index >= 15 is 0 Å². The molecule has 4 aromatic carbocycles. The van der Waals surface area contributed by atoms with E-state index in [0.717, 1.165) is 27.9 Å². The van der Waals surface area contributed by atoms with Crippen molar-refractivity contribution in [2.75, 3.05) is 4.90 Å². The van der Waals surface area contributed by atoms with Crippen molar-refractivity contribution in [3.05, 3.63) is 125 Å². The van der Waals surface area contributed by atoms with E-state index in [1.165, 1.54) is 4.90 Å². The fraction of sp³-hybridized carbons (Fsp3) is 0.156. The van der Waals surface area contributed by atoms with Crippen LogP contribution in [0.25, 0.3) is 0 Å². The third kappa shape index (κ3) is 2.85. The van der Waals surface area contributed by atoms with Crippen molar-refractivity contribution in [2.24, 2.45) is 22.1 Å². The van der Waals surface area contributed by atoms with Gasteiger partial charge in [0.2, 0.25) is 11.8 Å². The average molecular weight is 498 g/mol. The highest BCUT2D eigenvalue weighted by Crippen LogP contribution is 2.64. The Bertz CT molecular complexity index is 1610. The lowest BCUT2D eigenvalue weighted by Gasteiger charge is -2.52. The summed E-state index contributed by atoms with van der Waals surface area (Å²) in [5.74, 6) is -2.44. The van der Waals surface area contributed by atoms with Crippen molar-refractivity contribution in [2.45, 2.75) is 18.3 Å². The van der Waals surface area contributed by atoms with E-state index in [1.54, 1.807) is 31.2 Å². The molecule has 0 aromatic heterocycles. The maximum atomic E-state index is 14.2. The molecule has 2 atom stereocenters. The van der Waals surface area contributed by atoms with Gasteiger partial charge in [0.05, 0.1) is 34.3 Å². The summed E-state index contributed by atoms with van der Waals surface area (Å²) >= 11 is 0. The molecule has 1 heterocycles. The fourth-order valence-corrected chi connectivity index (χ4v) is 6.90. The molecule has 0 unspecified atom stereocenters. The van der Waals surface area contributed by atoms with Gasteiger partial charge >= 0.3 is 0 Å².